The van der Waals surface area contributed by atoms with Gasteiger partial charge in [0.25, 0.3) is 5.91 Å². The summed E-state index contributed by atoms with van der Waals surface area (Å²) in [5.74, 6) is 1.10. The van der Waals surface area contributed by atoms with Gasteiger partial charge in [0, 0.05) is 43.3 Å². The standard InChI is InChI=1S/C27H28N4O2/c1-19-10-12-30-18-25(29-26(30)13-19)27(32)31-11-4-6-22(17-31)24-9-8-21(16-28-24)14-20-5-3-7-23(15-20)33-2/h3,5,7-10,12-13,15-16,18,22H,4,6,11,14,17H2,1-2H3/t22-/m0/s1. The lowest BCUT2D eigenvalue weighted by atomic mass is 9.93. The molecule has 6 heteroatoms. The van der Waals surface area contributed by atoms with Crippen LogP contribution in [0.15, 0.2) is 67.1 Å². The maximum absolute atomic E-state index is 13.2. The molecular formula is C27H28N4O2. The molecule has 1 saturated heterocycles. The van der Waals surface area contributed by atoms with Gasteiger partial charge in [-0.1, -0.05) is 18.2 Å². The molecule has 0 unspecified atom stereocenters. The summed E-state index contributed by atoms with van der Waals surface area (Å²) in [4.78, 5) is 24.4. The minimum atomic E-state index is -0.00398. The number of carbonyl (C=O) groups is 1. The fourth-order valence-corrected chi connectivity index (χ4v) is 4.55. The fourth-order valence-electron chi connectivity index (χ4n) is 4.55. The van der Waals surface area contributed by atoms with Gasteiger partial charge in [0.1, 0.15) is 17.1 Å². The predicted molar refractivity (Wildman–Crippen MR) is 128 cm³/mol. The zero-order chi connectivity index (χ0) is 22.8. The van der Waals surface area contributed by atoms with E-state index < -0.39 is 0 Å². The summed E-state index contributed by atoms with van der Waals surface area (Å²) in [5.41, 5.74) is 5.85. The van der Waals surface area contributed by atoms with Gasteiger partial charge in [-0.25, -0.2) is 4.98 Å². The number of nitrogens with zero attached hydrogens (tertiary/aromatic N) is 4. The molecule has 0 N–H and O–H groups in total. The molecule has 0 aliphatic carbocycles. The SMILES string of the molecule is COc1cccc(Cc2ccc([C@H]3CCCN(C(=O)c4cn5ccc(C)cc5n4)C3)nc2)c1. The second kappa shape index (κ2) is 9.06. The molecule has 1 aliphatic rings. The highest BCUT2D eigenvalue weighted by atomic mass is 16.5. The number of carbonyl (C=O) groups excluding carboxylic acids is 1. The third kappa shape index (κ3) is 4.60. The number of rotatable bonds is 5. The van der Waals surface area contributed by atoms with Crippen LogP contribution in [0.5, 0.6) is 5.75 Å². The van der Waals surface area contributed by atoms with Gasteiger partial charge in [-0.2, -0.15) is 0 Å². The molecule has 4 heterocycles. The molecule has 1 aliphatic heterocycles. The number of likely N-dealkylation sites (tertiary alicyclic amines) is 1. The van der Waals surface area contributed by atoms with Gasteiger partial charge in [0.15, 0.2) is 0 Å². The van der Waals surface area contributed by atoms with E-state index in [1.54, 1.807) is 7.11 Å². The van der Waals surface area contributed by atoms with Crippen molar-refractivity contribution in [3.8, 4) is 5.75 Å². The Morgan fingerprint density at radius 2 is 2.06 bits per heavy atom. The molecule has 1 amide bonds. The van der Waals surface area contributed by atoms with E-state index in [4.69, 9.17) is 9.72 Å². The van der Waals surface area contributed by atoms with E-state index in [1.807, 2.05) is 59.1 Å². The number of aryl methyl sites for hydroxylation is 1. The van der Waals surface area contributed by atoms with Crippen molar-refractivity contribution in [2.75, 3.05) is 20.2 Å². The summed E-state index contributed by atoms with van der Waals surface area (Å²) in [6.07, 6.45) is 8.55. The van der Waals surface area contributed by atoms with Gasteiger partial charge >= 0.3 is 0 Å². The summed E-state index contributed by atoms with van der Waals surface area (Å²) in [6.45, 7) is 3.46. The van der Waals surface area contributed by atoms with Crippen LogP contribution in [0.25, 0.3) is 5.65 Å². The molecule has 168 valence electrons. The molecule has 1 atom stereocenters. The molecule has 0 spiro atoms. The smallest absolute Gasteiger partial charge is 0.274 e. The molecule has 1 fully saturated rings. The summed E-state index contributed by atoms with van der Waals surface area (Å²) in [5, 5.41) is 0. The molecule has 0 radical (unpaired) electrons. The normalized spacial score (nSPS) is 16.2. The lowest BCUT2D eigenvalue weighted by Crippen LogP contribution is -2.39. The molecule has 0 bridgehead atoms. The lowest BCUT2D eigenvalue weighted by molar-refractivity contribution is 0.0700. The van der Waals surface area contributed by atoms with Crippen LogP contribution in [0.3, 0.4) is 0 Å². The molecule has 0 saturated carbocycles. The van der Waals surface area contributed by atoms with Crippen molar-refractivity contribution < 1.29 is 9.53 Å². The van der Waals surface area contributed by atoms with Crippen molar-refractivity contribution in [2.24, 2.45) is 0 Å². The van der Waals surface area contributed by atoms with Crippen LogP contribution in [0.1, 0.15) is 51.6 Å². The number of benzene rings is 1. The average molecular weight is 441 g/mol. The van der Waals surface area contributed by atoms with E-state index in [2.05, 4.69) is 29.2 Å². The molecule has 4 aromatic rings. The van der Waals surface area contributed by atoms with Gasteiger partial charge in [-0.3, -0.25) is 9.78 Å². The number of aromatic nitrogens is 3. The first kappa shape index (κ1) is 21.2. The fraction of sp³-hybridized carbons (Fsp3) is 0.296. The third-order valence-corrected chi connectivity index (χ3v) is 6.35. The Morgan fingerprint density at radius 3 is 2.88 bits per heavy atom. The van der Waals surface area contributed by atoms with Gasteiger partial charge in [-0.05, 0) is 73.2 Å². The van der Waals surface area contributed by atoms with Crippen LogP contribution in [0.4, 0.5) is 0 Å². The van der Waals surface area contributed by atoms with Crippen LogP contribution in [0, 0.1) is 6.92 Å². The van der Waals surface area contributed by atoms with E-state index in [0.29, 0.717) is 12.2 Å². The van der Waals surface area contributed by atoms with Crippen molar-refractivity contribution in [2.45, 2.75) is 32.1 Å². The number of imidazole rings is 1. The Balaban J connectivity index is 1.27. The number of fused-ring (bicyclic) bond motifs is 1. The molecule has 1 aromatic carbocycles. The van der Waals surface area contributed by atoms with E-state index in [1.165, 1.54) is 5.56 Å². The number of ether oxygens (including phenoxy) is 1. The molecule has 5 rings (SSSR count). The van der Waals surface area contributed by atoms with E-state index in [0.717, 1.165) is 54.0 Å². The second-order valence-corrected chi connectivity index (χ2v) is 8.81. The van der Waals surface area contributed by atoms with Crippen LogP contribution in [0.2, 0.25) is 0 Å². The van der Waals surface area contributed by atoms with E-state index in [9.17, 15) is 4.79 Å². The number of hydrogen-bond donors (Lipinski definition) is 0. The Kier molecular flexibility index (Phi) is 5.82. The highest BCUT2D eigenvalue weighted by Crippen LogP contribution is 2.27. The average Bonchev–Trinajstić information content (AvgIpc) is 3.27. The van der Waals surface area contributed by atoms with Crippen LogP contribution in [-0.4, -0.2) is 45.4 Å². The third-order valence-electron chi connectivity index (χ3n) is 6.35. The summed E-state index contributed by atoms with van der Waals surface area (Å²) >= 11 is 0. The van der Waals surface area contributed by atoms with Crippen LogP contribution < -0.4 is 4.74 Å². The summed E-state index contributed by atoms with van der Waals surface area (Å²) in [7, 11) is 1.68. The number of pyridine rings is 2. The summed E-state index contributed by atoms with van der Waals surface area (Å²) in [6, 6.07) is 16.4. The van der Waals surface area contributed by atoms with Crippen LogP contribution >= 0.6 is 0 Å². The second-order valence-electron chi connectivity index (χ2n) is 8.81. The Bertz CT molecular complexity index is 1280. The largest absolute Gasteiger partial charge is 0.497 e. The molecule has 3 aromatic heterocycles. The minimum Gasteiger partial charge on any atom is -0.497 e. The van der Waals surface area contributed by atoms with Gasteiger partial charge < -0.3 is 14.0 Å². The number of piperidine rings is 1. The predicted octanol–water partition coefficient (Wildman–Crippen LogP) is 4.66. The maximum atomic E-state index is 13.2. The summed E-state index contributed by atoms with van der Waals surface area (Å²) < 4.78 is 7.23. The topological polar surface area (TPSA) is 59.7 Å². The first-order valence-electron chi connectivity index (χ1n) is 11.4. The van der Waals surface area contributed by atoms with Crippen molar-refractivity contribution in [1.29, 1.82) is 0 Å². The number of methoxy groups -OCH3 is 1. The Labute approximate surface area is 193 Å². The maximum Gasteiger partial charge on any atom is 0.274 e. The lowest BCUT2D eigenvalue weighted by Gasteiger charge is -2.32. The number of hydrogen-bond acceptors (Lipinski definition) is 4. The Morgan fingerprint density at radius 1 is 1.15 bits per heavy atom. The van der Waals surface area contributed by atoms with Crippen molar-refractivity contribution in [3.05, 3.63) is 95.2 Å². The van der Waals surface area contributed by atoms with Gasteiger partial charge in [-0.15, -0.1) is 0 Å². The first-order chi connectivity index (χ1) is 16.1. The van der Waals surface area contributed by atoms with E-state index in [-0.39, 0.29) is 11.8 Å². The van der Waals surface area contributed by atoms with Crippen LogP contribution in [-0.2, 0) is 6.42 Å². The zero-order valence-corrected chi connectivity index (χ0v) is 19.1. The van der Waals surface area contributed by atoms with Gasteiger partial charge in [0.05, 0.1) is 7.11 Å². The van der Waals surface area contributed by atoms with Gasteiger partial charge in [0.2, 0.25) is 0 Å². The van der Waals surface area contributed by atoms with E-state index >= 15 is 0 Å². The molecular weight excluding hydrogens is 412 g/mol. The quantitative estimate of drug-likeness (QED) is 0.453. The highest BCUT2D eigenvalue weighted by molar-refractivity contribution is 5.93. The van der Waals surface area contributed by atoms with Crippen molar-refractivity contribution >= 4 is 11.6 Å². The van der Waals surface area contributed by atoms with Crippen molar-refractivity contribution in [1.82, 2.24) is 19.3 Å². The van der Waals surface area contributed by atoms with Crippen molar-refractivity contribution in [3.63, 3.8) is 0 Å². The zero-order valence-electron chi connectivity index (χ0n) is 19.1. The first-order valence-corrected chi connectivity index (χ1v) is 11.4. The molecule has 6 nitrogen and oxygen atoms in total. The molecule has 33 heavy (non-hydrogen) atoms. The number of amides is 1. The Hall–Kier alpha value is -3.67. The highest BCUT2D eigenvalue weighted by Gasteiger charge is 2.27. The monoisotopic (exact) mass is 440 g/mol. The minimum absolute atomic E-state index is 0.00398.